The monoisotopic (exact) mass is 303 g/mol. The van der Waals surface area contributed by atoms with Gasteiger partial charge in [-0.2, -0.15) is 0 Å². The van der Waals surface area contributed by atoms with Gasteiger partial charge in [0.15, 0.2) is 0 Å². The topological polar surface area (TPSA) is 112 Å². The van der Waals surface area contributed by atoms with E-state index in [4.69, 9.17) is 0 Å². The molecule has 8 nitrogen and oxygen atoms in total. The molecule has 1 unspecified atom stereocenters. The molecule has 114 valence electrons. The van der Waals surface area contributed by atoms with Crippen molar-refractivity contribution in [2.75, 3.05) is 18.6 Å². The van der Waals surface area contributed by atoms with E-state index in [1.54, 1.807) is 12.1 Å². The standard InChI is InChI=1S/C14H13N3O5/c1-22-14(21)7-5-10(18)17(6-7)9-4-2-3-8-11(9)13(20)16-15-12(8)19/h2-4,7H,5-6H2,1H3,(H,15,19)(H,16,20). The van der Waals surface area contributed by atoms with Crippen LogP contribution in [-0.2, 0) is 14.3 Å². The minimum Gasteiger partial charge on any atom is -0.469 e. The van der Waals surface area contributed by atoms with Crippen LogP contribution in [0, 0.1) is 5.92 Å². The van der Waals surface area contributed by atoms with Crippen LogP contribution in [0.25, 0.3) is 10.8 Å². The SMILES string of the molecule is COC(=O)C1CC(=O)N(c2cccc3c(=O)[nH][nH]c(=O)c23)C1. The van der Waals surface area contributed by atoms with Crippen LogP contribution in [0.5, 0.6) is 0 Å². The average Bonchev–Trinajstić information content (AvgIpc) is 2.91. The van der Waals surface area contributed by atoms with E-state index in [1.165, 1.54) is 18.1 Å². The number of fused-ring (bicyclic) bond motifs is 1. The summed E-state index contributed by atoms with van der Waals surface area (Å²) in [5.41, 5.74) is -0.631. The smallest absolute Gasteiger partial charge is 0.311 e. The van der Waals surface area contributed by atoms with Crippen LogP contribution in [0.3, 0.4) is 0 Å². The second-order valence-corrected chi connectivity index (χ2v) is 5.04. The summed E-state index contributed by atoms with van der Waals surface area (Å²) in [7, 11) is 1.26. The Balaban J connectivity index is 2.14. The first kappa shape index (κ1) is 14.1. The van der Waals surface area contributed by atoms with E-state index < -0.39 is 23.0 Å². The van der Waals surface area contributed by atoms with E-state index in [9.17, 15) is 19.2 Å². The molecule has 0 radical (unpaired) electrons. The number of benzene rings is 1. The summed E-state index contributed by atoms with van der Waals surface area (Å²) in [5, 5.41) is 4.80. The Morgan fingerprint density at radius 3 is 2.68 bits per heavy atom. The molecule has 0 spiro atoms. The number of rotatable bonds is 2. The fraction of sp³-hybridized carbons (Fsp3) is 0.286. The van der Waals surface area contributed by atoms with Gasteiger partial charge in [-0.15, -0.1) is 0 Å². The van der Waals surface area contributed by atoms with Crippen molar-refractivity contribution in [1.29, 1.82) is 0 Å². The summed E-state index contributed by atoms with van der Waals surface area (Å²) < 4.78 is 4.66. The number of amides is 1. The highest BCUT2D eigenvalue weighted by Crippen LogP contribution is 2.29. The normalized spacial score (nSPS) is 18.0. The largest absolute Gasteiger partial charge is 0.469 e. The number of H-pyrrole nitrogens is 2. The Hall–Kier alpha value is -2.90. The molecule has 2 heterocycles. The molecule has 1 aliphatic heterocycles. The summed E-state index contributed by atoms with van der Waals surface area (Å²) >= 11 is 0. The van der Waals surface area contributed by atoms with Gasteiger partial charge in [0, 0.05) is 13.0 Å². The lowest BCUT2D eigenvalue weighted by Crippen LogP contribution is -2.29. The van der Waals surface area contributed by atoms with Gasteiger partial charge in [0.2, 0.25) is 5.91 Å². The lowest BCUT2D eigenvalue weighted by atomic mass is 10.1. The van der Waals surface area contributed by atoms with Crippen molar-refractivity contribution in [2.45, 2.75) is 6.42 Å². The average molecular weight is 303 g/mol. The minimum atomic E-state index is -0.575. The second kappa shape index (κ2) is 5.14. The van der Waals surface area contributed by atoms with Crippen molar-refractivity contribution in [1.82, 2.24) is 10.2 Å². The summed E-state index contributed by atoms with van der Waals surface area (Å²) in [4.78, 5) is 48.9. The molecule has 1 aromatic heterocycles. The Morgan fingerprint density at radius 2 is 1.95 bits per heavy atom. The summed E-state index contributed by atoms with van der Waals surface area (Å²) in [5.74, 6) is -1.33. The maximum Gasteiger partial charge on any atom is 0.311 e. The van der Waals surface area contributed by atoms with Gasteiger partial charge in [0.05, 0.1) is 29.5 Å². The first-order chi connectivity index (χ1) is 10.5. The van der Waals surface area contributed by atoms with Crippen LogP contribution in [0.15, 0.2) is 27.8 Å². The highest BCUT2D eigenvalue weighted by atomic mass is 16.5. The number of anilines is 1. The highest BCUT2D eigenvalue weighted by Gasteiger charge is 2.36. The fourth-order valence-corrected chi connectivity index (χ4v) is 2.70. The molecule has 8 heteroatoms. The molecule has 22 heavy (non-hydrogen) atoms. The van der Waals surface area contributed by atoms with E-state index in [-0.39, 0.29) is 29.6 Å². The van der Waals surface area contributed by atoms with Crippen LogP contribution in [0.4, 0.5) is 5.69 Å². The number of nitrogens with zero attached hydrogens (tertiary/aromatic N) is 1. The van der Waals surface area contributed by atoms with Gasteiger partial charge in [0.1, 0.15) is 0 Å². The van der Waals surface area contributed by atoms with Crippen molar-refractivity contribution in [3.8, 4) is 0 Å². The van der Waals surface area contributed by atoms with Crippen LogP contribution in [-0.4, -0.2) is 35.7 Å². The molecule has 1 fully saturated rings. The molecule has 1 atom stereocenters. The molecule has 0 aliphatic carbocycles. The van der Waals surface area contributed by atoms with Crippen molar-refractivity contribution in [3.05, 3.63) is 38.9 Å². The number of hydrogen-bond donors (Lipinski definition) is 2. The van der Waals surface area contributed by atoms with E-state index in [1.807, 2.05) is 0 Å². The number of aromatic nitrogens is 2. The summed E-state index contributed by atoms with van der Waals surface area (Å²) in [6.45, 7) is 0.122. The van der Waals surface area contributed by atoms with Crippen LogP contribution >= 0.6 is 0 Å². The molecule has 0 saturated carbocycles. The quantitative estimate of drug-likeness (QED) is 0.742. The fourth-order valence-electron chi connectivity index (χ4n) is 2.70. The number of ether oxygens (including phenoxy) is 1. The number of nitrogens with one attached hydrogen (secondary N) is 2. The van der Waals surface area contributed by atoms with Crippen molar-refractivity contribution < 1.29 is 14.3 Å². The van der Waals surface area contributed by atoms with Gasteiger partial charge in [-0.1, -0.05) is 6.07 Å². The molecule has 1 saturated heterocycles. The molecule has 1 aromatic carbocycles. The maximum atomic E-state index is 12.2. The number of carbonyl (C=O) groups excluding carboxylic acids is 2. The summed E-state index contributed by atoms with van der Waals surface area (Å²) in [6.07, 6.45) is 0.0180. The lowest BCUT2D eigenvalue weighted by molar-refractivity contribution is -0.145. The third-order valence-corrected chi connectivity index (χ3v) is 3.75. The molecule has 2 N–H and O–H groups in total. The molecule has 1 aliphatic rings. The zero-order valence-electron chi connectivity index (χ0n) is 11.7. The molecule has 1 amide bonds. The lowest BCUT2D eigenvalue weighted by Gasteiger charge is -2.17. The number of aromatic amines is 2. The Kier molecular flexibility index (Phi) is 3.28. The first-order valence-corrected chi connectivity index (χ1v) is 6.65. The van der Waals surface area contributed by atoms with Gasteiger partial charge in [-0.05, 0) is 12.1 Å². The Morgan fingerprint density at radius 1 is 1.23 bits per heavy atom. The van der Waals surface area contributed by atoms with E-state index in [0.717, 1.165) is 0 Å². The Bertz CT molecular complexity index is 882. The van der Waals surface area contributed by atoms with Crippen LogP contribution in [0.1, 0.15) is 6.42 Å². The third-order valence-electron chi connectivity index (χ3n) is 3.75. The van der Waals surface area contributed by atoms with E-state index in [2.05, 4.69) is 14.9 Å². The number of methoxy groups -OCH3 is 1. The number of carbonyl (C=O) groups is 2. The summed E-state index contributed by atoms with van der Waals surface area (Å²) in [6, 6.07) is 4.67. The molecule has 0 bridgehead atoms. The Labute approximate surface area is 123 Å². The van der Waals surface area contributed by atoms with Gasteiger partial charge in [-0.3, -0.25) is 29.4 Å². The zero-order valence-corrected chi connectivity index (χ0v) is 11.7. The molecular weight excluding hydrogens is 290 g/mol. The maximum absolute atomic E-state index is 12.2. The van der Waals surface area contributed by atoms with Crippen molar-refractivity contribution in [2.24, 2.45) is 5.92 Å². The van der Waals surface area contributed by atoms with Crippen molar-refractivity contribution >= 4 is 28.3 Å². The highest BCUT2D eigenvalue weighted by molar-refractivity contribution is 6.06. The van der Waals surface area contributed by atoms with Gasteiger partial charge >= 0.3 is 5.97 Å². The zero-order chi connectivity index (χ0) is 15.9. The minimum absolute atomic E-state index is 0.0180. The van der Waals surface area contributed by atoms with E-state index in [0.29, 0.717) is 5.69 Å². The van der Waals surface area contributed by atoms with E-state index >= 15 is 0 Å². The molecular formula is C14H13N3O5. The second-order valence-electron chi connectivity index (χ2n) is 5.04. The van der Waals surface area contributed by atoms with Crippen molar-refractivity contribution in [3.63, 3.8) is 0 Å². The van der Waals surface area contributed by atoms with Gasteiger partial charge in [-0.25, -0.2) is 0 Å². The third kappa shape index (κ3) is 2.09. The predicted molar refractivity (Wildman–Crippen MR) is 77.7 cm³/mol. The van der Waals surface area contributed by atoms with Gasteiger partial charge < -0.3 is 9.64 Å². The van der Waals surface area contributed by atoms with Crippen LogP contribution in [0.2, 0.25) is 0 Å². The van der Waals surface area contributed by atoms with Gasteiger partial charge in [0.25, 0.3) is 11.1 Å². The van der Waals surface area contributed by atoms with Crippen LogP contribution < -0.4 is 16.0 Å². The number of hydrogen-bond acceptors (Lipinski definition) is 5. The first-order valence-electron chi connectivity index (χ1n) is 6.65. The molecule has 3 rings (SSSR count). The number of esters is 1. The predicted octanol–water partition coefficient (Wildman–Crippen LogP) is -0.258. The molecule has 2 aromatic rings.